The summed E-state index contributed by atoms with van der Waals surface area (Å²) in [6.45, 7) is 3.54. The van der Waals surface area contributed by atoms with Crippen LogP contribution in [0.2, 0.25) is 5.02 Å². The quantitative estimate of drug-likeness (QED) is 0.518. The number of ether oxygens (including phenoxy) is 1. The number of carbonyl (C=O) groups is 1. The van der Waals surface area contributed by atoms with Gasteiger partial charge in [0, 0.05) is 36.0 Å². The fourth-order valence-electron chi connectivity index (χ4n) is 3.97. The van der Waals surface area contributed by atoms with Crippen LogP contribution in [0.25, 0.3) is 0 Å². The van der Waals surface area contributed by atoms with E-state index in [9.17, 15) is 13.6 Å². The van der Waals surface area contributed by atoms with Gasteiger partial charge in [-0.2, -0.15) is 0 Å². The van der Waals surface area contributed by atoms with E-state index >= 15 is 0 Å². The zero-order chi connectivity index (χ0) is 22.5. The second kappa shape index (κ2) is 8.37. The molecular formula is C23H24ClF2N3O2S. The number of halogens is 3. The second-order valence-corrected chi connectivity index (χ2v) is 10.8. The van der Waals surface area contributed by atoms with Crippen molar-refractivity contribution < 1.29 is 18.3 Å². The van der Waals surface area contributed by atoms with Gasteiger partial charge in [0.25, 0.3) is 5.91 Å². The number of nitrogens with one attached hydrogen (secondary N) is 1. The molecule has 2 saturated carbocycles. The first-order valence-corrected chi connectivity index (χ1v) is 12.1. The van der Waals surface area contributed by atoms with Crippen LogP contribution < -0.4 is 14.4 Å². The van der Waals surface area contributed by atoms with Crippen molar-refractivity contribution in [1.82, 2.24) is 9.71 Å². The molecule has 32 heavy (non-hydrogen) atoms. The van der Waals surface area contributed by atoms with Gasteiger partial charge < -0.3 is 9.64 Å². The number of hydrogen-bond donors (Lipinski definition) is 1. The Balaban J connectivity index is 1.25. The number of rotatable bonds is 8. The molecule has 1 N–H and O–H groups in total. The number of pyridine rings is 1. The molecule has 0 unspecified atom stereocenters. The van der Waals surface area contributed by atoms with Crippen molar-refractivity contribution in [3.05, 3.63) is 52.2 Å². The van der Waals surface area contributed by atoms with E-state index < -0.39 is 17.5 Å². The van der Waals surface area contributed by atoms with E-state index in [2.05, 4.69) is 9.71 Å². The zero-order valence-electron chi connectivity index (χ0n) is 17.7. The summed E-state index contributed by atoms with van der Waals surface area (Å²) in [5.74, 6) is -0.362. The van der Waals surface area contributed by atoms with Crippen LogP contribution in [0.3, 0.4) is 0 Å². The largest absolute Gasteiger partial charge is 0.492 e. The van der Waals surface area contributed by atoms with Gasteiger partial charge in [-0.3, -0.25) is 9.52 Å². The maximum atomic E-state index is 14.8. The SMILES string of the molecule is CC1(COc2cc(F)c(C(=O)NSC3CC3)cc2C2CC2)CN(c2ncc(Cl)cc2F)C1. The van der Waals surface area contributed by atoms with Crippen molar-refractivity contribution >= 4 is 35.3 Å². The summed E-state index contributed by atoms with van der Waals surface area (Å²) >= 11 is 7.15. The molecule has 2 aromatic rings. The molecule has 5 nitrogen and oxygen atoms in total. The monoisotopic (exact) mass is 479 g/mol. The fourth-order valence-corrected chi connectivity index (χ4v) is 4.87. The molecular weight excluding hydrogens is 456 g/mol. The third-order valence-electron chi connectivity index (χ3n) is 6.01. The lowest BCUT2D eigenvalue weighted by Gasteiger charge is -2.48. The van der Waals surface area contributed by atoms with Gasteiger partial charge in [-0.05, 0) is 61.2 Å². The first kappa shape index (κ1) is 21.8. The van der Waals surface area contributed by atoms with E-state index in [4.69, 9.17) is 16.3 Å². The molecule has 1 amide bonds. The molecule has 3 fully saturated rings. The number of anilines is 1. The van der Waals surface area contributed by atoms with Crippen LogP contribution in [0.15, 0.2) is 24.4 Å². The molecule has 1 saturated heterocycles. The minimum atomic E-state index is -0.578. The maximum Gasteiger partial charge on any atom is 0.264 e. The molecule has 1 aliphatic heterocycles. The fraction of sp³-hybridized carbons (Fsp3) is 0.478. The summed E-state index contributed by atoms with van der Waals surface area (Å²) in [5, 5.41) is 0.711. The average Bonchev–Trinajstić information content (AvgIpc) is 3.62. The summed E-state index contributed by atoms with van der Waals surface area (Å²) in [6, 6.07) is 4.24. The number of benzene rings is 1. The maximum absolute atomic E-state index is 14.8. The van der Waals surface area contributed by atoms with Crippen molar-refractivity contribution in [2.75, 3.05) is 24.6 Å². The average molecular weight is 480 g/mol. The standard InChI is InChI=1S/C23H24ClF2N3O2S/c1-23(10-29(11-23)21-19(26)6-14(24)9-27-21)12-31-20-8-18(25)17(7-16(20)13-2-3-13)22(30)28-32-15-4-5-15/h6-9,13,15H,2-5,10-12H2,1H3,(H,28,30). The molecule has 0 spiro atoms. The topological polar surface area (TPSA) is 54.5 Å². The highest BCUT2D eigenvalue weighted by molar-refractivity contribution is 7.98. The van der Waals surface area contributed by atoms with Crippen LogP contribution in [0.5, 0.6) is 5.75 Å². The molecule has 5 rings (SSSR count). The van der Waals surface area contributed by atoms with Gasteiger partial charge in [-0.15, -0.1) is 0 Å². The van der Waals surface area contributed by atoms with Crippen LogP contribution in [-0.2, 0) is 0 Å². The molecule has 170 valence electrons. The normalized spacial score (nSPS) is 19.4. The third-order valence-corrected chi connectivity index (χ3v) is 7.33. The minimum Gasteiger partial charge on any atom is -0.492 e. The highest BCUT2D eigenvalue weighted by Crippen LogP contribution is 2.46. The number of nitrogens with zero attached hydrogens (tertiary/aromatic N) is 2. The van der Waals surface area contributed by atoms with Gasteiger partial charge in [0.05, 0.1) is 17.2 Å². The molecule has 0 radical (unpaired) electrons. The van der Waals surface area contributed by atoms with E-state index in [-0.39, 0.29) is 21.8 Å². The zero-order valence-corrected chi connectivity index (χ0v) is 19.2. The van der Waals surface area contributed by atoms with Crippen molar-refractivity contribution in [2.45, 2.75) is 43.8 Å². The van der Waals surface area contributed by atoms with Crippen LogP contribution in [0.4, 0.5) is 14.6 Å². The van der Waals surface area contributed by atoms with Crippen LogP contribution in [0, 0.1) is 17.0 Å². The Bertz CT molecular complexity index is 1060. The van der Waals surface area contributed by atoms with Gasteiger partial charge in [0.2, 0.25) is 0 Å². The Morgan fingerprint density at radius 3 is 2.66 bits per heavy atom. The Hall–Kier alpha value is -2.06. The molecule has 1 aromatic heterocycles. The lowest BCUT2D eigenvalue weighted by Crippen LogP contribution is -2.58. The first-order valence-electron chi connectivity index (χ1n) is 10.8. The Morgan fingerprint density at radius 1 is 1.25 bits per heavy atom. The van der Waals surface area contributed by atoms with E-state index in [1.807, 2.05) is 11.8 Å². The summed E-state index contributed by atoms with van der Waals surface area (Å²) < 4.78 is 37.7. The van der Waals surface area contributed by atoms with Crippen molar-refractivity contribution in [1.29, 1.82) is 0 Å². The molecule has 0 atom stereocenters. The Morgan fingerprint density at radius 2 is 2.00 bits per heavy atom. The Kier molecular flexibility index (Phi) is 5.70. The highest BCUT2D eigenvalue weighted by Gasteiger charge is 2.42. The number of carbonyl (C=O) groups excluding carboxylic acids is 1. The summed E-state index contributed by atoms with van der Waals surface area (Å²) in [5.41, 5.74) is 0.734. The predicted molar refractivity (Wildman–Crippen MR) is 121 cm³/mol. The summed E-state index contributed by atoms with van der Waals surface area (Å²) in [6.07, 6.45) is 5.62. The molecule has 2 heterocycles. The number of hydrogen-bond acceptors (Lipinski definition) is 5. The smallest absolute Gasteiger partial charge is 0.264 e. The first-order chi connectivity index (χ1) is 15.3. The number of aromatic nitrogens is 1. The van der Waals surface area contributed by atoms with Crippen LogP contribution in [0.1, 0.15) is 54.4 Å². The lowest BCUT2D eigenvalue weighted by molar-refractivity contribution is 0.0979. The predicted octanol–water partition coefficient (Wildman–Crippen LogP) is 5.34. The highest BCUT2D eigenvalue weighted by atomic mass is 35.5. The summed E-state index contributed by atoms with van der Waals surface area (Å²) in [4.78, 5) is 18.4. The van der Waals surface area contributed by atoms with Crippen molar-refractivity contribution in [3.63, 3.8) is 0 Å². The number of amides is 1. The molecule has 9 heteroatoms. The molecule has 0 bridgehead atoms. The molecule has 2 aliphatic carbocycles. The van der Waals surface area contributed by atoms with E-state index in [0.717, 1.165) is 31.2 Å². The van der Waals surface area contributed by atoms with Gasteiger partial charge in [-0.25, -0.2) is 13.8 Å². The van der Waals surface area contributed by atoms with Crippen LogP contribution in [-0.4, -0.2) is 35.8 Å². The summed E-state index contributed by atoms with van der Waals surface area (Å²) in [7, 11) is 0. The van der Waals surface area contributed by atoms with Crippen LogP contribution >= 0.6 is 23.5 Å². The molecule has 3 aliphatic rings. The van der Waals surface area contributed by atoms with Gasteiger partial charge in [-0.1, -0.05) is 18.5 Å². The van der Waals surface area contributed by atoms with Gasteiger partial charge in [0.1, 0.15) is 11.6 Å². The van der Waals surface area contributed by atoms with Crippen molar-refractivity contribution in [3.8, 4) is 5.75 Å². The van der Waals surface area contributed by atoms with Gasteiger partial charge >= 0.3 is 0 Å². The van der Waals surface area contributed by atoms with E-state index in [0.29, 0.717) is 36.6 Å². The molecule has 1 aromatic carbocycles. The van der Waals surface area contributed by atoms with E-state index in [1.165, 1.54) is 30.3 Å². The minimum absolute atomic E-state index is 0.0673. The third kappa shape index (κ3) is 4.66. The van der Waals surface area contributed by atoms with Gasteiger partial charge in [0.15, 0.2) is 11.6 Å². The Labute approximate surface area is 195 Å². The van der Waals surface area contributed by atoms with Crippen molar-refractivity contribution in [2.24, 2.45) is 5.41 Å². The van der Waals surface area contributed by atoms with E-state index in [1.54, 1.807) is 6.07 Å². The lowest BCUT2D eigenvalue weighted by atomic mass is 9.83. The second-order valence-electron chi connectivity index (χ2n) is 9.31.